The Morgan fingerprint density at radius 2 is 2.07 bits per heavy atom. The predicted molar refractivity (Wildman–Crippen MR) is 111 cm³/mol. The second-order valence-electron chi connectivity index (χ2n) is 7.48. The molecule has 2 aliphatic rings. The van der Waals surface area contributed by atoms with Crippen LogP contribution in [0.2, 0.25) is 0 Å². The Bertz CT molecular complexity index is 996. The van der Waals surface area contributed by atoms with Gasteiger partial charge in [-0.05, 0) is 18.1 Å². The molecule has 8 heteroatoms. The van der Waals surface area contributed by atoms with Crippen LogP contribution in [0.1, 0.15) is 23.1 Å². The minimum absolute atomic E-state index is 0.0830. The van der Waals surface area contributed by atoms with Crippen molar-refractivity contribution in [2.75, 3.05) is 19.0 Å². The molecule has 2 aliphatic heterocycles. The molecule has 2 aromatic rings. The van der Waals surface area contributed by atoms with Crippen molar-refractivity contribution in [3.8, 4) is 6.07 Å². The van der Waals surface area contributed by atoms with Crippen LogP contribution >= 0.6 is 11.8 Å². The van der Waals surface area contributed by atoms with Crippen LogP contribution in [0.25, 0.3) is 0 Å². The number of rotatable bonds is 5. The number of nitrogens with two attached hydrogens (primary N) is 1. The Balaban J connectivity index is 1.54. The van der Waals surface area contributed by atoms with Crippen molar-refractivity contribution in [2.45, 2.75) is 24.7 Å². The van der Waals surface area contributed by atoms with Crippen LogP contribution in [-0.4, -0.2) is 30.2 Å². The van der Waals surface area contributed by atoms with Gasteiger partial charge in [-0.15, -0.1) is 0 Å². The van der Waals surface area contributed by atoms with Gasteiger partial charge >= 0.3 is 0 Å². The molecule has 2 N–H and O–H groups in total. The Morgan fingerprint density at radius 3 is 2.83 bits per heavy atom. The van der Waals surface area contributed by atoms with Crippen molar-refractivity contribution in [3.63, 3.8) is 0 Å². The van der Waals surface area contributed by atoms with Crippen LogP contribution in [0.4, 0.5) is 8.78 Å². The van der Waals surface area contributed by atoms with Crippen molar-refractivity contribution in [1.29, 1.82) is 5.26 Å². The first-order chi connectivity index (χ1) is 14.5. The van der Waals surface area contributed by atoms with Crippen LogP contribution in [-0.2, 0) is 21.6 Å². The van der Waals surface area contributed by atoms with Crippen molar-refractivity contribution >= 4 is 16.9 Å². The quantitative estimate of drug-likeness (QED) is 0.784. The van der Waals surface area contributed by atoms with E-state index in [1.165, 1.54) is 17.8 Å². The molecule has 1 saturated heterocycles. The summed E-state index contributed by atoms with van der Waals surface area (Å²) in [5.74, 6) is -1.09. The number of nitriles is 1. The van der Waals surface area contributed by atoms with Gasteiger partial charge in [0.1, 0.15) is 23.2 Å². The number of hydrogen-bond acceptors (Lipinski definition) is 6. The summed E-state index contributed by atoms with van der Waals surface area (Å²) in [7, 11) is 0. The first-order valence-corrected chi connectivity index (χ1v) is 10.6. The molecule has 0 aliphatic carbocycles. The van der Waals surface area contributed by atoms with Crippen LogP contribution in [0, 0.1) is 28.9 Å². The fraction of sp³-hybridized carbons (Fsp3) is 0.364. The average Bonchev–Trinajstić information content (AvgIpc) is 2.74. The lowest BCUT2D eigenvalue weighted by molar-refractivity contribution is -0.0927. The average molecular weight is 429 g/mol. The fourth-order valence-electron chi connectivity index (χ4n) is 4.01. The Kier molecular flexibility index (Phi) is 6.04. The molecule has 0 spiro atoms. The highest BCUT2D eigenvalue weighted by atomic mass is 32.2. The van der Waals surface area contributed by atoms with Crippen molar-refractivity contribution in [3.05, 3.63) is 70.8 Å². The SMILES string of the molecule is N#Cc1cc([C@]23CO[C@@H](COCc4ccccc4)C[C@H]2CSC(N)=N3)c(F)cc1F. The van der Waals surface area contributed by atoms with Gasteiger partial charge in [0.15, 0.2) is 5.17 Å². The molecule has 0 bridgehead atoms. The zero-order chi connectivity index (χ0) is 21.1. The standard InChI is InChI=1S/C22H21F2N3O2S/c23-19-8-20(24)18(6-15(19)9-25)22-13-29-17(7-16(22)12-30-21(26)27-22)11-28-10-14-4-2-1-3-5-14/h1-6,8,16-17H,7,10-13H2,(H2,26,27)/t16-,17+,22-/m0/s1. The zero-order valence-corrected chi connectivity index (χ0v) is 17.0. The van der Waals surface area contributed by atoms with E-state index in [-0.39, 0.29) is 29.8 Å². The first-order valence-electron chi connectivity index (χ1n) is 9.63. The zero-order valence-electron chi connectivity index (χ0n) is 16.2. The largest absolute Gasteiger partial charge is 0.379 e. The molecular formula is C22H21F2N3O2S. The second kappa shape index (κ2) is 8.72. The van der Waals surface area contributed by atoms with Crippen LogP contribution < -0.4 is 5.73 Å². The van der Waals surface area contributed by atoms with Gasteiger partial charge in [0.2, 0.25) is 0 Å². The number of fused-ring (bicyclic) bond motifs is 1. The van der Waals surface area contributed by atoms with Gasteiger partial charge in [0, 0.05) is 23.3 Å². The fourth-order valence-corrected chi connectivity index (χ4v) is 5.02. The summed E-state index contributed by atoms with van der Waals surface area (Å²) in [6.45, 7) is 0.973. The molecule has 0 radical (unpaired) electrons. The molecule has 30 heavy (non-hydrogen) atoms. The molecule has 1 fully saturated rings. The summed E-state index contributed by atoms with van der Waals surface area (Å²) in [5.41, 5.74) is 5.89. The Labute approximate surface area is 177 Å². The highest BCUT2D eigenvalue weighted by Crippen LogP contribution is 2.47. The minimum Gasteiger partial charge on any atom is -0.379 e. The molecular weight excluding hydrogens is 408 g/mol. The number of aliphatic imine (C=N–C) groups is 1. The van der Waals surface area contributed by atoms with E-state index in [4.69, 9.17) is 15.2 Å². The predicted octanol–water partition coefficient (Wildman–Crippen LogP) is 3.72. The van der Waals surface area contributed by atoms with E-state index >= 15 is 0 Å². The van der Waals surface area contributed by atoms with Crippen molar-refractivity contribution < 1.29 is 18.3 Å². The van der Waals surface area contributed by atoms with Crippen LogP contribution in [0.15, 0.2) is 47.5 Å². The molecule has 2 aromatic carbocycles. The van der Waals surface area contributed by atoms with E-state index in [1.807, 2.05) is 30.3 Å². The van der Waals surface area contributed by atoms with E-state index in [1.54, 1.807) is 6.07 Å². The van der Waals surface area contributed by atoms with E-state index < -0.39 is 17.2 Å². The summed E-state index contributed by atoms with van der Waals surface area (Å²) < 4.78 is 40.5. The maximum Gasteiger partial charge on any atom is 0.154 e. The van der Waals surface area contributed by atoms with E-state index in [9.17, 15) is 14.0 Å². The Morgan fingerprint density at radius 1 is 1.27 bits per heavy atom. The van der Waals surface area contributed by atoms with E-state index in [0.29, 0.717) is 30.6 Å². The number of hydrogen-bond donors (Lipinski definition) is 1. The highest BCUT2D eigenvalue weighted by molar-refractivity contribution is 8.13. The van der Waals surface area contributed by atoms with Gasteiger partial charge in [-0.25, -0.2) is 13.8 Å². The van der Waals surface area contributed by atoms with Crippen molar-refractivity contribution in [1.82, 2.24) is 0 Å². The lowest BCUT2D eigenvalue weighted by atomic mass is 9.74. The summed E-state index contributed by atoms with van der Waals surface area (Å²) in [5, 5.41) is 9.52. The summed E-state index contributed by atoms with van der Waals surface area (Å²) in [4.78, 5) is 4.55. The van der Waals surface area contributed by atoms with Gasteiger partial charge in [-0.3, -0.25) is 0 Å². The Hall–Kier alpha value is -2.47. The number of ether oxygens (including phenoxy) is 2. The highest BCUT2D eigenvalue weighted by Gasteiger charge is 2.49. The lowest BCUT2D eigenvalue weighted by Crippen LogP contribution is -2.51. The monoisotopic (exact) mass is 429 g/mol. The third kappa shape index (κ3) is 4.06. The number of nitrogens with zero attached hydrogens (tertiary/aromatic N) is 2. The molecule has 5 nitrogen and oxygen atoms in total. The third-order valence-electron chi connectivity index (χ3n) is 5.56. The molecule has 4 rings (SSSR count). The van der Waals surface area contributed by atoms with Gasteiger partial charge in [0.25, 0.3) is 0 Å². The molecule has 3 atom stereocenters. The maximum atomic E-state index is 14.8. The smallest absolute Gasteiger partial charge is 0.154 e. The molecule has 0 aromatic heterocycles. The molecule has 0 amide bonds. The second-order valence-corrected chi connectivity index (χ2v) is 8.52. The molecule has 0 unspecified atom stereocenters. The lowest BCUT2D eigenvalue weighted by Gasteiger charge is -2.46. The topological polar surface area (TPSA) is 80.6 Å². The number of thioether (sulfide) groups is 1. The van der Waals surface area contributed by atoms with Crippen LogP contribution in [0.5, 0.6) is 0 Å². The minimum atomic E-state index is -1.07. The summed E-state index contributed by atoms with van der Waals surface area (Å²) in [6, 6.07) is 13.6. The van der Waals surface area contributed by atoms with E-state index in [2.05, 4.69) is 4.99 Å². The number of benzene rings is 2. The molecule has 156 valence electrons. The van der Waals surface area contributed by atoms with E-state index in [0.717, 1.165) is 11.6 Å². The third-order valence-corrected chi connectivity index (χ3v) is 6.52. The van der Waals surface area contributed by atoms with Crippen molar-refractivity contribution in [2.24, 2.45) is 16.6 Å². The van der Waals surface area contributed by atoms with Gasteiger partial charge in [-0.1, -0.05) is 42.1 Å². The molecule has 2 heterocycles. The normalized spacial score (nSPS) is 25.8. The maximum absolute atomic E-state index is 14.8. The van der Waals surface area contributed by atoms with Gasteiger partial charge in [-0.2, -0.15) is 5.26 Å². The van der Waals surface area contributed by atoms with Gasteiger partial charge in [0.05, 0.1) is 31.5 Å². The molecule has 0 saturated carbocycles. The summed E-state index contributed by atoms with van der Waals surface area (Å²) >= 11 is 1.41. The van der Waals surface area contributed by atoms with Crippen LogP contribution in [0.3, 0.4) is 0 Å². The summed E-state index contributed by atoms with van der Waals surface area (Å²) in [6.07, 6.45) is 0.429. The first kappa shape index (κ1) is 20.8. The van der Waals surface area contributed by atoms with Gasteiger partial charge < -0.3 is 15.2 Å². The number of amidine groups is 1. The number of halogens is 2.